The second-order valence-electron chi connectivity index (χ2n) is 5.66. The first-order chi connectivity index (χ1) is 11.8. The zero-order valence-electron chi connectivity index (χ0n) is 13.3. The summed E-state index contributed by atoms with van der Waals surface area (Å²) in [4.78, 5) is 17.9. The molecule has 25 heavy (non-hydrogen) atoms. The minimum atomic E-state index is -4.75. The van der Waals surface area contributed by atoms with Crippen molar-refractivity contribution in [2.45, 2.75) is 19.4 Å². The van der Waals surface area contributed by atoms with Crippen LogP contribution in [0.2, 0.25) is 0 Å². The summed E-state index contributed by atoms with van der Waals surface area (Å²) in [6.07, 6.45) is -3.21. The van der Waals surface area contributed by atoms with E-state index >= 15 is 0 Å². The van der Waals surface area contributed by atoms with Gasteiger partial charge in [0.1, 0.15) is 17.6 Å². The van der Waals surface area contributed by atoms with Gasteiger partial charge in [-0.05, 0) is 37.3 Å². The summed E-state index contributed by atoms with van der Waals surface area (Å²) in [5.41, 5.74) is 1.14. The van der Waals surface area contributed by atoms with Crippen LogP contribution in [-0.4, -0.2) is 41.3 Å². The predicted octanol–water partition coefficient (Wildman–Crippen LogP) is 3.19. The lowest BCUT2D eigenvalue weighted by Gasteiger charge is -2.39. The molecule has 1 amide bonds. The number of benzene rings is 1. The Morgan fingerprint density at radius 3 is 2.44 bits per heavy atom. The second kappa shape index (κ2) is 6.62. The van der Waals surface area contributed by atoms with Gasteiger partial charge in [0, 0.05) is 23.5 Å². The zero-order valence-corrected chi connectivity index (χ0v) is 13.3. The van der Waals surface area contributed by atoms with Crippen LogP contribution < -0.4 is 9.47 Å². The van der Waals surface area contributed by atoms with Gasteiger partial charge in [-0.2, -0.15) is 0 Å². The van der Waals surface area contributed by atoms with Crippen molar-refractivity contribution >= 4 is 5.91 Å². The number of carbonyl (C=O) groups is 1. The fourth-order valence-electron chi connectivity index (χ4n) is 2.45. The number of aryl methyl sites for hydroxylation is 1. The molecule has 1 aromatic carbocycles. The van der Waals surface area contributed by atoms with E-state index in [0.29, 0.717) is 24.4 Å². The Morgan fingerprint density at radius 1 is 1.16 bits per heavy atom. The van der Waals surface area contributed by atoms with Gasteiger partial charge >= 0.3 is 6.36 Å². The number of nitrogens with zero attached hydrogens (tertiary/aromatic N) is 2. The number of likely N-dealkylation sites (tertiary alicyclic amines) is 1. The van der Waals surface area contributed by atoms with Crippen molar-refractivity contribution in [3.63, 3.8) is 0 Å². The number of rotatable bonds is 4. The van der Waals surface area contributed by atoms with Crippen LogP contribution in [0.4, 0.5) is 13.2 Å². The third kappa shape index (κ3) is 4.40. The van der Waals surface area contributed by atoms with Crippen LogP contribution in [0.1, 0.15) is 16.1 Å². The first-order valence-electron chi connectivity index (χ1n) is 7.54. The van der Waals surface area contributed by atoms with Crippen molar-refractivity contribution in [3.05, 3.63) is 53.9 Å². The maximum atomic E-state index is 12.3. The van der Waals surface area contributed by atoms with Crippen LogP contribution in [-0.2, 0) is 0 Å². The highest BCUT2D eigenvalue weighted by atomic mass is 19.4. The Balaban J connectivity index is 1.53. The average Bonchev–Trinajstić information content (AvgIpc) is 2.49. The fourth-order valence-corrected chi connectivity index (χ4v) is 2.45. The summed E-state index contributed by atoms with van der Waals surface area (Å²) in [7, 11) is 0. The molecule has 1 saturated heterocycles. The van der Waals surface area contributed by atoms with Gasteiger partial charge in [-0.3, -0.25) is 9.78 Å². The summed E-state index contributed by atoms with van der Waals surface area (Å²) in [5.74, 6) is 0.0736. The molecule has 5 nitrogen and oxygen atoms in total. The van der Waals surface area contributed by atoms with Crippen molar-refractivity contribution in [2.75, 3.05) is 13.1 Å². The smallest absolute Gasteiger partial charge is 0.487 e. The maximum Gasteiger partial charge on any atom is 0.573 e. The molecule has 0 saturated carbocycles. The number of carbonyl (C=O) groups excluding carboxylic acids is 1. The number of alkyl halides is 3. The molecule has 0 atom stereocenters. The molecule has 0 aliphatic carbocycles. The Hall–Kier alpha value is -2.77. The molecule has 0 bridgehead atoms. The number of hydrogen-bond donors (Lipinski definition) is 0. The van der Waals surface area contributed by atoms with E-state index in [1.807, 2.05) is 13.0 Å². The molecule has 1 aliphatic rings. The zero-order chi connectivity index (χ0) is 18.0. The van der Waals surface area contributed by atoms with E-state index in [1.165, 1.54) is 12.1 Å². The van der Waals surface area contributed by atoms with Crippen LogP contribution in [0, 0.1) is 6.92 Å². The lowest BCUT2D eigenvalue weighted by atomic mass is 10.1. The third-order valence-corrected chi connectivity index (χ3v) is 3.64. The average molecular weight is 352 g/mol. The number of aromatic nitrogens is 1. The van der Waals surface area contributed by atoms with E-state index in [9.17, 15) is 18.0 Å². The molecule has 1 fully saturated rings. The fraction of sp³-hybridized carbons (Fsp3) is 0.294. The second-order valence-corrected chi connectivity index (χ2v) is 5.66. The normalized spacial score (nSPS) is 14.8. The molecule has 2 heterocycles. The van der Waals surface area contributed by atoms with Crippen molar-refractivity contribution in [1.82, 2.24) is 9.88 Å². The number of pyridine rings is 1. The van der Waals surface area contributed by atoms with Gasteiger partial charge in [-0.25, -0.2) is 0 Å². The van der Waals surface area contributed by atoms with E-state index < -0.39 is 6.36 Å². The summed E-state index contributed by atoms with van der Waals surface area (Å²) in [6.45, 7) is 2.69. The largest absolute Gasteiger partial charge is 0.573 e. The highest BCUT2D eigenvalue weighted by molar-refractivity contribution is 5.94. The number of ether oxygens (including phenoxy) is 2. The lowest BCUT2D eigenvalue weighted by Crippen LogP contribution is -2.56. The standard InChI is InChI=1S/C17H15F3N2O3/c1-11-8-14(6-7-21-11)24-15-9-22(10-15)16(23)12-2-4-13(5-3-12)25-17(18,19)20/h2-8,15H,9-10H2,1H3. The molecule has 1 aliphatic heterocycles. The van der Waals surface area contributed by atoms with Crippen molar-refractivity contribution in [2.24, 2.45) is 0 Å². The van der Waals surface area contributed by atoms with E-state index in [2.05, 4.69) is 9.72 Å². The van der Waals surface area contributed by atoms with Gasteiger partial charge < -0.3 is 14.4 Å². The lowest BCUT2D eigenvalue weighted by molar-refractivity contribution is -0.274. The van der Waals surface area contributed by atoms with Crippen molar-refractivity contribution in [3.8, 4) is 11.5 Å². The van der Waals surface area contributed by atoms with Gasteiger partial charge in [0.2, 0.25) is 0 Å². The van der Waals surface area contributed by atoms with Gasteiger partial charge in [-0.15, -0.1) is 13.2 Å². The van der Waals surface area contributed by atoms with Crippen LogP contribution in [0.5, 0.6) is 11.5 Å². The van der Waals surface area contributed by atoms with Gasteiger partial charge in [0.25, 0.3) is 5.91 Å². The first kappa shape index (κ1) is 17.1. The summed E-state index contributed by atoms with van der Waals surface area (Å²) in [5, 5.41) is 0. The molecular formula is C17H15F3N2O3. The summed E-state index contributed by atoms with van der Waals surface area (Å²) < 4.78 is 45.9. The highest BCUT2D eigenvalue weighted by Gasteiger charge is 2.33. The predicted molar refractivity (Wildman–Crippen MR) is 82.4 cm³/mol. The topological polar surface area (TPSA) is 51.7 Å². The van der Waals surface area contributed by atoms with Crippen LogP contribution in [0.15, 0.2) is 42.6 Å². The molecule has 1 aromatic heterocycles. The van der Waals surface area contributed by atoms with E-state index in [1.54, 1.807) is 17.2 Å². The third-order valence-electron chi connectivity index (χ3n) is 3.64. The van der Waals surface area contributed by atoms with E-state index in [0.717, 1.165) is 17.8 Å². The minimum absolute atomic E-state index is 0.112. The quantitative estimate of drug-likeness (QED) is 0.848. The van der Waals surface area contributed by atoms with Gasteiger partial charge in [0.05, 0.1) is 13.1 Å². The minimum Gasteiger partial charge on any atom is -0.487 e. The van der Waals surface area contributed by atoms with Crippen LogP contribution in [0.25, 0.3) is 0 Å². The van der Waals surface area contributed by atoms with E-state index in [-0.39, 0.29) is 17.8 Å². The Morgan fingerprint density at radius 2 is 1.84 bits per heavy atom. The molecule has 0 N–H and O–H groups in total. The van der Waals surface area contributed by atoms with Crippen LogP contribution >= 0.6 is 0 Å². The Bertz CT molecular complexity index is 756. The van der Waals surface area contributed by atoms with Gasteiger partial charge in [-0.1, -0.05) is 0 Å². The SMILES string of the molecule is Cc1cc(OC2CN(C(=O)c3ccc(OC(F)(F)F)cc3)C2)ccn1. The molecule has 2 aromatic rings. The van der Waals surface area contributed by atoms with Crippen molar-refractivity contribution < 1.29 is 27.4 Å². The highest BCUT2D eigenvalue weighted by Crippen LogP contribution is 2.24. The van der Waals surface area contributed by atoms with E-state index in [4.69, 9.17) is 4.74 Å². The number of halogens is 3. The number of hydrogen-bond acceptors (Lipinski definition) is 4. The Kier molecular flexibility index (Phi) is 4.52. The first-order valence-corrected chi connectivity index (χ1v) is 7.54. The van der Waals surface area contributed by atoms with Crippen molar-refractivity contribution in [1.29, 1.82) is 0 Å². The number of amides is 1. The van der Waals surface area contributed by atoms with Gasteiger partial charge in [0.15, 0.2) is 0 Å². The molecular weight excluding hydrogens is 337 g/mol. The summed E-state index contributed by atoms with van der Waals surface area (Å²) >= 11 is 0. The molecule has 0 spiro atoms. The molecule has 0 unspecified atom stereocenters. The molecule has 0 radical (unpaired) electrons. The van der Waals surface area contributed by atoms with Crippen LogP contribution in [0.3, 0.4) is 0 Å². The maximum absolute atomic E-state index is 12.3. The molecule has 8 heteroatoms. The molecule has 3 rings (SSSR count). The summed E-state index contributed by atoms with van der Waals surface area (Å²) in [6, 6.07) is 8.41. The molecule has 132 valence electrons. The monoisotopic (exact) mass is 352 g/mol. The Labute approximate surface area is 142 Å².